The van der Waals surface area contributed by atoms with Gasteiger partial charge in [-0.25, -0.2) is 12.8 Å². The van der Waals surface area contributed by atoms with Crippen LogP contribution >= 0.6 is 0 Å². The van der Waals surface area contributed by atoms with E-state index in [1.165, 1.54) is 24.1 Å². The third-order valence-corrected chi connectivity index (χ3v) is 8.21. The van der Waals surface area contributed by atoms with Crippen molar-refractivity contribution in [1.29, 1.82) is 0 Å². The predicted molar refractivity (Wildman–Crippen MR) is 159 cm³/mol. The van der Waals surface area contributed by atoms with Crippen LogP contribution in [0.25, 0.3) is 0 Å². The summed E-state index contributed by atoms with van der Waals surface area (Å²) in [5.74, 6) is -0.429. The second-order valence-corrected chi connectivity index (χ2v) is 11.7. The van der Waals surface area contributed by atoms with Crippen LogP contribution in [0.1, 0.15) is 39.7 Å². The quantitative estimate of drug-likeness (QED) is 0.287. The molecule has 3 rings (SSSR count). The summed E-state index contributed by atoms with van der Waals surface area (Å²) in [6.07, 6.45) is 0.294. The Hall–Kier alpha value is -4.12. The van der Waals surface area contributed by atoms with E-state index in [1.807, 2.05) is 20.8 Å². The molecule has 42 heavy (non-hydrogen) atoms. The van der Waals surface area contributed by atoms with Crippen molar-refractivity contribution < 1.29 is 31.9 Å². The van der Waals surface area contributed by atoms with Crippen molar-refractivity contribution in [1.82, 2.24) is 10.2 Å². The highest BCUT2D eigenvalue weighted by atomic mass is 32.2. The highest BCUT2D eigenvalue weighted by molar-refractivity contribution is 7.92. The van der Waals surface area contributed by atoms with Crippen LogP contribution in [-0.4, -0.2) is 57.5 Å². The molecule has 0 aliphatic carbocycles. The number of hydrogen-bond donors (Lipinski definition) is 1. The van der Waals surface area contributed by atoms with Crippen molar-refractivity contribution in [3.05, 3.63) is 84.2 Å². The van der Waals surface area contributed by atoms with Crippen molar-refractivity contribution in [3.8, 4) is 11.5 Å². The Kier molecular flexibility index (Phi) is 11.3. The number of methoxy groups -OCH3 is 1. The number of hydrogen-bond acceptors (Lipinski definition) is 6. The Bertz CT molecular complexity index is 1450. The summed E-state index contributed by atoms with van der Waals surface area (Å²) in [6, 6.07) is 16.7. The lowest BCUT2D eigenvalue weighted by atomic mass is 10.1. The molecular formula is C31H38FN3O6S. The van der Waals surface area contributed by atoms with E-state index in [-0.39, 0.29) is 29.1 Å². The molecule has 0 aliphatic heterocycles. The Morgan fingerprint density at radius 3 is 2.19 bits per heavy atom. The molecule has 0 aromatic heterocycles. The molecule has 0 saturated carbocycles. The minimum atomic E-state index is -4.32. The second-order valence-electron chi connectivity index (χ2n) is 9.85. The summed E-state index contributed by atoms with van der Waals surface area (Å²) in [5.41, 5.74) is 0.907. The highest BCUT2D eigenvalue weighted by Gasteiger charge is 2.34. The molecule has 0 fully saturated rings. The fourth-order valence-electron chi connectivity index (χ4n) is 4.41. The van der Waals surface area contributed by atoms with Gasteiger partial charge in [0, 0.05) is 12.6 Å². The van der Waals surface area contributed by atoms with E-state index >= 15 is 0 Å². The molecule has 2 amide bonds. The Labute approximate surface area is 247 Å². The van der Waals surface area contributed by atoms with E-state index in [0.29, 0.717) is 30.1 Å². The van der Waals surface area contributed by atoms with Gasteiger partial charge in [-0.1, -0.05) is 19.1 Å². The first kappa shape index (κ1) is 32.4. The molecule has 226 valence electrons. The Balaban J connectivity index is 2.07. The van der Waals surface area contributed by atoms with E-state index in [9.17, 15) is 22.4 Å². The molecule has 1 N–H and O–H groups in total. The molecule has 0 heterocycles. The minimum absolute atomic E-state index is 0.0355. The van der Waals surface area contributed by atoms with Crippen LogP contribution in [0.2, 0.25) is 0 Å². The number of sulfonamides is 1. The number of amides is 2. The topological polar surface area (TPSA) is 105 Å². The summed E-state index contributed by atoms with van der Waals surface area (Å²) >= 11 is 0. The van der Waals surface area contributed by atoms with Crippen LogP contribution in [0.5, 0.6) is 11.5 Å². The summed E-state index contributed by atoms with van der Waals surface area (Å²) in [4.78, 5) is 28.5. The van der Waals surface area contributed by atoms with Gasteiger partial charge in [-0.3, -0.25) is 13.9 Å². The number of ether oxygens (including phenoxy) is 2. The van der Waals surface area contributed by atoms with E-state index < -0.39 is 34.3 Å². The maximum Gasteiger partial charge on any atom is 0.264 e. The van der Waals surface area contributed by atoms with E-state index in [1.54, 1.807) is 43.3 Å². The van der Waals surface area contributed by atoms with Gasteiger partial charge in [0.25, 0.3) is 10.0 Å². The molecule has 9 nitrogen and oxygen atoms in total. The molecule has 0 radical (unpaired) electrons. The largest absolute Gasteiger partial charge is 0.497 e. The van der Waals surface area contributed by atoms with Gasteiger partial charge in [0.1, 0.15) is 29.9 Å². The van der Waals surface area contributed by atoms with Crippen molar-refractivity contribution in [3.63, 3.8) is 0 Å². The van der Waals surface area contributed by atoms with Crippen LogP contribution < -0.4 is 19.1 Å². The molecule has 0 saturated heterocycles. The van der Waals surface area contributed by atoms with Gasteiger partial charge in [-0.05, 0) is 93.4 Å². The molecule has 1 atom stereocenters. The predicted octanol–water partition coefficient (Wildman–Crippen LogP) is 4.76. The van der Waals surface area contributed by atoms with Gasteiger partial charge >= 0.3 is 0 Å². The Morgan fingerprint density at radius 1 is 0.952 bits per heavy atom. The van der Waals surface area contributed by atoms with Crippen LogP contribution in [0.4, 0.5) is 10.1 Å². The lowest BCUT2D eigenvalue weighted by molar-refractivity contribution is -0.140. The third-order valence-electron chi connectivity index (χ3n) is 6.42. The smallest absolute Gasteiger partial charge is 0.264 e. The van der Waals surface area contributed by atoms with Gasteiger partial charge in [0.2, 0.25) is 11.8 Å². The zero-order valence-electron chi connectivity index (χ0n) is 24.5. The van der Waals surface area contributed by atoms with E-state index in [2.05, 4.69) is 5.32 Å². The minimum Gasteiger partial charge on any atom is -0.497 e. The molecule has 0 bridgehead atoms. The summed E-state index contributed by atoms with van der Waals surface area (Å²) in [7, 11) is -2.79. The fraction of sp³-hybridized carbons (Fsp3) is 0.355. The third kappa shape index (κ3) is 8.22. The van der Waals surface area contributed by atoms with Gasteiger partial charge < -0.3 is 19.7 Å². The van der Waals surface area contributed by atoms with Crippen molar-refractivity contribution in [2.75, 3.05) is 24.6 Å². The highest BCUT2D eigenvalue weighted by Crippen LogP contribution is 2.27. The monoisotopic (exact) mass is 599 g/mol. The van der Waals surface area contributed by atoms with Gasteiger partial charge in [-0.2, -0.15) is 0 Å². The van der Waals surface area contributed by atoms with Crippen LogP contribution in [0.3, 0.4) is 0 Å². The lowest BCUT2D eigenvalue weighted by Gasteiger charge is -2.33. The van der Waals surface area contributed by atoms with E-state index in [0.717, 1.165) is 28.6 Å². The number of halogens is 1. The average molecular weight is 600 g/mol. The van der Waals surface area contributed by atoms with Crippen molar-refractivity contribution in [2.24, 2.45) is 0 Å². The van der Waals surface area contributed by atoms with Crippen molar-refractivity contribution >= 4 is 27.5 Å². The zero-order valence-corrected chi connectivity index (χ0v) is 25.4. The number of rotatable bonds is 14. The van der Waals surface area contributed by atoms with E-state index in [4.69, 9.17) is 9.47 Å². The summed E-state index contributed by atoms with van der Waals surface area (Å²) in [6.45, 7) is 7.11. The van der Waals surface area contributed by atoms with Crippen LogP contribution in [-0.2, 0) is 26.2 Å². The fourth-order valence-corrected chi connectivity index (χ4v) is 5.82. The molecule has 11 heteroatoms. The summed E-state index contributed by atoms with van der Waals surface area (Å²) in [5, 5.41) is 2.86. The number of anilines is 1. The number of benzene rings is 3. The first-order valence-electron chi connectivity index (χ1n) is 13.7. The van der Waals surface area contributed by atoms with Crippen molar-refractivity contribution in [2.45, 2.75) is 57.6 Å². The second kappa shape index (κ2) is 14.7. The molecule has 0 unspecified atom stereocenters. The Morgan fingerprint density at radius 2 is 1.62 bits per heavy atom. The van der Waals surface area contributed by atoms with Gasteiger partial charge in [-0.15, -0.1) is 0 Å². The normalized spacial score (nSPS) is 12.0. The standard InChI is InChI=1S/C31H38FN3O6S/c1-6-29(31(37)33-22(3)4)34(20-23-9-8-10-27(19-23)40-5)30(36)21-35(25-13-15-26(16-14-25)41-7-2)42(38,39)28-17-11-24(32)12-18-28/h8-19,22,29H,6-7,20-21H2,1-5H3,(H,33,37)/t29-/m1/s1. The molecule has 0 aliphatic rings. The van der Waals surface area contributed by atoms with Gasteiger partial charge in [0.15, 0.2) is 0 Å². The van der Waals surface area contributed by atoms with Crippen LogP contribution in [0, 0.1) is 5.82 Å². The maximum atomic E-state index is 14.1. The molecule has 0 spiro atoms. The number of nitrogens with one attached hydrogen (secondary N) is 1. The maximum absolute atomic E-state index is 14.1. The SMILES string of the molecule is CCOc1ccc(N(CC(=O)N(Cc2cccc(OC)c2)[C@H](CC)C(=O)NC(C)C)S(=O)(=O)c2ccc(F)cc2)cc1. The first-order chi connectivity index (χ1) is 20.0. The molecule has 3 aromatic rings. The zero-order chi connectivity index (χ0) is 30.9. The molecule has 3 aromatic carbocycles. The number of carbonyl (C=O) groups excluding carboxylic acids is 2. The van der Waals surface area contributed by atoms with Gasteiger partial charge in [0.05, 0.1) is 24.3 Å². The average Bonchev–Trinajstić information content (AvgIpc) is 2.96. The van der Waals surface area contributed by atoms with Crippen LogP contribution in [0.15, 0.2) is 77.7 Å². The lowest BCUT2D eigenvalue weighted by Crippen LogP contribution is -2.53. The molecular weight excluding hydrogens is 561 g/mol. The first-order valence-corrected chi connectivity index (χ1v) is 15.2. The number of carbonyl (C=O) groups is 2. The number of nitrogens with zero attached hydrogens (tertiary/aromatic N) is 2. The summed E-state index contributed by atoms with van der Waals surface area (Å²) < 4.78 is 53.2.